The number of anilines is 1. The van der Waals surface area contributed by atoms with E-state index in [0.717, 1.165) is 12.1 Å². The van der Waals surface area contributed by atoms with Gasteiger partial charge in [-0.2, -0.15) is 0 Å². The van der Waals surface area contributed by atoms with Gasteiger partial charge in [0.25, 0.3) is 0 Å². The molecule has 0 saturated heterocycles. The molecule has 2 rings (SSSR count). The Morgan fingerprint density at radius 2 is 1.76 bits per heavy atom. The molecule has 154 valence electrons. The minimum Gasteiger partial charge on any atom is -0.443 e. The Bertz CT molecular complexity index is 918. The number of Topliss-reactive ketones (excluding diaryl/α,β-unsaturated/α-hetero) is 1. The number of carbonyl (C=O) groups excluding carboxylic acids is 2. The molecule has 0 saturated carbocycles. The zero-order valence-corrected chi connectivity index (χ0v) is 17.0. The standard InChI is InChI=1S/C21H24FN3O4/c1-13(2)25(20(27)29-21(3,4)5)17-12-15(10-11-23-17)18(24-28)19(26)14-6-8-16(22)9-7-14/h6-13,28H,1-5H3. The third kappa shape index (κ3) is 5.60. The number of aromatic nitrogens is 1. The van der Waals surface area contributed by atoms with Crippen molar-refractivity contribution in [2.24, 2.45) is 5.16 Å². The van der Waals surface area contributed by atoms with Gasteiger partial charge in [0, 0.05) is 23.4 Å². The van der Waals surface area contributed by atoms with E-state index in [1.54, 1.807) is 34.6 Å². The first-order valence-corrected chi connectivity index (χ1v) is 9.04. The van der Waals surface area contributed by atoms with Gasteiger partial charge in [0.2, 0.25) is 5.78 Å². The number of ether oxygens (including phenoxy) is 1. The number of ketones is 1. The fourth-order valence-electron chi connectivity index (χ4n) is 2.55. The molecule has 8 heteroatoms. The molecule has 1 aromatic carbocycles. The van der Waals surface area contributed by atoms with Crippen LogP contribution in [0.4, 0.5) is 15.0 Å². The third-order valence-electron chi connectivity index (χ3n) is 3.79. The summed E-state index contributed by atoms with van der Waals surface area (Å²) in [7, 11) is 0. The molecule has 0 aliphatic heterocycles. The lowest BCUT2D eigenvalue weighted by Crippen LogP contribution is -2.41. The highest BCUT2D eigenvalue weighted by Gasteiger charge is 2.27. The van der Waals surface area contributed by atoms with Crippen LogP contribution in [0, 0.1) is 5.82 Å². The van der Waals surface area contributed by atoms with Gasteiger partial charge in [-0.05, 0) is 71.0 Å². The lowest BCUT2D eigenvalue weighted by Gasteiger charge is -2.29. The fourth-order valence-corrected chi connectivity index (χ4v) is 2.55. The van der Waals surface area contributed by atoms with Crippen molar-refractivity contribution in [1.82, 2.24) is 4.98 Å². The van der Waals surface area contributed by atoms with Crippen molar-refractivity contribution in [2.75, 3.05) is 4.90 Å². The van der Waals surface area contributed by atoms with E-state index in [4.69, 9.17) is 4.74 Å². The number of hydrogen-bond donors (Lipinski definition) is 1. The number of benzene rings is 1. The van der Waals surface area contributed by atoms with Gasteiger partial charge in [0.1, 0.15) is 17.2 Å². The maximum absolute atomic E-state index is 13.1. The van der Waals surface area contributed by atoms with Gasteiger partial charge in [-0.15, -0.1) is 0 Å². The maximum Gasteiger partial charge on any atom is 0.416 e. The van der Waals surface area contributed by atoms with Gasteiger partial charge in [0.15, 0.2) is 5.71 Å². The van der Waals surface area contributed by atoms with Gasteiger partial charge >= 0.3 is 6.09 Å². The summed E-state index contributed by atoms with van der Waals surface area (Å²) in [6, 6.07) is 7.54. The van der Waals surface area contributed by atoms with E-state index in [2.05, 4.69) is 10.1 Å². The van der Waals surface area contributed by atoms with E-state index < -0.39 is 23.3 Å². The summed E-state index contributed by atoms with van der Waals surface area (Å²) >= 11 is 0. The van der Waals surface area contributed by atoms with Crippen molar-refractivity contribution < 1.29 is 23.9 Å². The van der Waals surface area contributed by atoms with Gasteiger partial charge in [-0.3, -0.25) is 9.69 Å². The first kappa shape index (κ1) is 22.0. The first-order valence-electron chi connectivity index (χ1n) is 9.04. The highest BCUT2D eigenvalue weighted by molar-refractivity contribution is 6.51. The van der Waals surface area contributed by atoms with E-state index in [0.29, 0.717) is 0 Å². The number of rotatable bonds is 5. The quantitative estimate of drug-likeness (QED) is 0.346. The van der Waals surface area contributed by atoms with Gasteiger partial charge < -0.3 is 9.94 Å². The van der Waals surface area contributed by atoms with Crippen molar-refractivity contribution in [2.45, 2.75) is 46.3 Å². The van der Waals surface area contributed by atoms with Crippen LogP contribution in [-0.4, -0.2) is 39.4 Å². The monoisotopic (exact) mass is 401 g/mol. The minimum atomic E-state index is -0.696. The van der Waals surface area contributed by atoms with Crippen molar-refractivity contribution in [3.63, 3.8) is 0 Å². The average molecular weight is 401 g/mol. The molecule has 0 radical (unpaired) electrons. The van der Waals surface area contributed by atoms with E-state index in [1.807, 2.05) is 0 Å². The molecule has 0 unspecified atom stereocenters. The van der Waals surface area contributed by atoms with Crippen LogP contribution in [0.25, 0.3) is 0 Å². The lowest BCUT2D eigenvalue weighted by atomic mass is 10.0. The fraction of sp³-hybridized carbons (Fsp3) is 0.333. The molecular formula is C21H24FN3O4. The summed E-state index contributed by atoms with van der Waals surface area (Å²) < 4.78 is 18.6. The molecule has 29 heavy (non-hydrogen) atoms. The van der Waals surface area contributed by atoms with Crippen LogP contribution < -0.4 is 4.90 Å². The highest BCUT2D eigenvalue weighted by atomic mass is 19.1. The molecule has 0 bridgehead atoms. The minimum absolute atomic E-state index is 0.158. The van der Waals surface area contributed by atoms with Crippen LogP contribution >= 0.6 is 0 Å². The number of halogens is 1. The largest absolute Gasteiger partial charge is 0.443 e. The van der Waals surface area contributed by atoms with Crippen molar-refractivity contribution in [1.29, 1.82) is 0 Å². The highest BCUT2D eigenvalue weighted by Crippen LogP contribution is 2.21. The van der Waals surface area contributed by atoms with Crippen LogP contribution in [-0.2, 0) is 4.74 Å². The number of carbonyl (C=O) groups is 2. The zero-order chi connectivity index (χ0) is 21.8. The Kier molecular flexibility index (Phi) is 6.68. The molecule has 0 fully saturated rings. The average Bonchev–Trinajstić information content (AvgIpc) is 2.61. The van der Waals surface area contributed by atoms with Crippen LogP contribution in [0.1, 0.15) is 50.5 Å². The summed E-state index contributed by atoms with van der Waals surface area (Å²) in [4.78, 5) is 30.8. The molecule has 1 aromatic heterocycles. The summed E-state index contributed by atoms with van der Waals surface area (Å²) in [6.45, 7) is 8.85. The zero-order valence-electron chi connectivity index (χ0n) is 17.0. The first-order chi connectivity index (χ1) is 13.5. The number of pyridine rings is 1. The molecule has 1 heterocycles. The summed E-state index contributed by atoms with van der Waals surface area (Å²) in [5.41, 5.74) is -0.544. The number of hydrogen-bond acceptors (Lipinski definition) is 6. The van der Waals surface area contributed by atoms with Crippen LogP contribution in [0.5, 0.6) is 0 Å². The van der Waals surface area contributed by atoms with Crippen LogP contribution in [0.15, 0.2) is 47.8 Å². The van der Waals surface area contributed by atoms with Crippen molar-refractivity contribution >= 4 is 23.4 Å². The van der Waals surface area contributed by atoms with Crippen LogP contribution in [0.2, 0.25) is 0 Å². The molecule has 0 spiro atoms. The lowest BCUT2D eigenvalue weighted by molar-refractivity contribution is 0.0569. The Balaban J connectivity index is 2.40. The van der Waals surface area contributed by atoms with Crippen molar-refractivity contribution in [3.05, 3.63) is 59.5 Å². The molecule has 0 atom stereocenters. The summed E-state index contributed by atoms with van der Waals surface area (Å²) in [5, 5.41) is 12.6. The molecule has 0 aliphatic carbocycles. The number of oxime groups is 1. The van der Waals surface area contributed by atoms with Gasteiger partial charge in [-0.25, -0.2) is 14.2 Å². The van der Waals surface area contributed by atoms with E-state index in [9.17, 15) is 19.2 Å². The second-order valence-electron chi connectivity index (χ2n) is 7.63. The Morgan fingerprint density at radius 1 is 1.14 bits per heavy atom. The van der Waals surface area contributed by atoms with Crippen molar-refractivity contribution in [3.8, 4) is 0 Å². The Hall–Kier alpha value is -3.29. The number of nitrogens with zero attached hydrogens (tertiary/aromatic N) is 3. The van der Waals surface area contributed by atoms with E-state index in [1.165, 1.54) is 35.4 Å². The molecule has 7 nitrogen and oxygen atoms in total. The second kappa shape index (κ2) is 8.81. The SMILES string of the molecule is CC(C)N(C(=O)OC(C)(C)C)c1cc(C(=NO)C(=O)c2ccc(F)cc2)ccn1. The number of amides is 1. The normalized spacial score (nSPS) is 12.0. The summed E-state index contributed by atoms with van der Waals surface area (Å²) in [5.74, 6) is -0.849. The topological polar surface area (TPSA) is 92.1 Å². The molecule has 2 aromatic rings. The van der Waals surface area contributed by atoms with E-state index >= 15 is 0 Å². The van der Waals surface area contributed by atoms with E-state index in [-0.39, 0.29) is 28.7 Å². The van der Waals surface area contributed by atoms with Gasteiger partial charge in [-0.1, -0.05) is 5.16 Å². The molecular weight excluding hydrogens is 377 g/mol. The van der Waals surface area contributed by atoms with Gasteiger partial charge in [0.05, 0.1) is 0 Å². The maximum atomic E-state index is 13.1. The Morgan fingerprint density at radius 3 is 2.28 bits per heavy atom. The second-order valence-corrected chi connectivity index (χ2v) is 7.63. The predicted octanol–water partition coefficient (Wildman–Crippen LogP) is 4.43. The third-order valence-corrected chi connectivity index (χ3v) is 3.79. The van der Waals surface area contributed by atoms with Crippen LogP contribution in [0.3, 0.4) is 0 Å². The smallest absolute Gasteiger partial charge is 0.416 e. The molecule has 1 amide bonds. The predicted molar refractivity (Wildman–Crippen MR) is 107 cm³/mol. The molecule has 1 N–H and O–H groups in total. The Labute approximate surface area is 168 Å². The summed E-state index contributed by atoms with van der Waals surface area (Å²) in [6.07, 6.45) is 0.803. The molecule has 0 aliphatic rings.